The van der Waals surface area contributed by atoms with E-state index in [0.717, 1.165) is 50.2 Å². The lowest BCUT2D eigenvalue weighted by atomic mass is 9.75. The first-order chi connectivity index (χ1) is 21.3. The van der Waals surface area contributed by atoms with E-state index in [4.69, 9.17) is 18.9 Å². The maximum absolute atomic E-state index is 13.4. The number of allylic oxidation sites excluding steroid dienone is 1. The molecule has 2 heterocycles. The molecule has 2 aromatic rings. The molecule has 0 radical (unpaired) electrons. The van der Waals surface area contributed by atoms with E-state index in [9.17, 15) is 19.7 Å². The van der Waals surface area contributed by atoms with Crippen LogP contribution in [0.15, 0.2) is 69.7 Å². The van der Waals surface area contributed by atoms with Crippen molar-refractivity contribution in [3.63, 3.8) is 0 Å². The SMILES string of the molecule is COC(=O)C1C(C)=NC(C)=C(C(=O)OCCSc2ccc(CCCCOC3CCCCO3)cc2)C1c1cccc([N+](=O)[O-])c1. The molecule has 2 aromatic carbocycles. The third-order valence-electron chi connectivity index (χ3n) is 7.75. The highest BCUT2D eigenvalue weighted by Crippen LogP contribution is 2.41. The highest BCUT2D eigenvalue weighted by Gasteiger charge is 2.42. The second kappa shape index (κ2) is 16.5. The number of benzene rings is 2. The topological polar surface area (TPSA) is 127 Å². The van der Waals surface area contributed by atoms with Crippen LogP contribution in [0.1, 0.15) is 63.0 Å². The Morgan fingerprint density at radius 2 is 1.89 bits per heavy atom. The van der Waals surface area contributed by atoms with E-state index in [1.807, 2.05) is 0 Å². The van der Waals surface area contributed by atoms with Gasteiger partial charge in [-0.1, -0.05) is 24.3 Å². The first-order valence-corrected chi connectivity index (χ1v) is 16.0. The van der Waals surface area contributed by atoms with Crippen molar-refractivity contribution in [2.75, 3.05) is 32.7 Å². The van der Waals surface area contributed by atoms with Crippen molar-refractivity contribution in [3.05, 3.63) is 81.0 Å². The Morgan fingerprint density at radius 1 is 1.09 bits per heavy atom. The summed E-state index contributed by atoms with van der Waals surface area (Å²) in [7, 11) is 1.26. The molecule has 10 nitrogen and oxygen atoms in total. The summed E-state index contributed by atoms with van der Waals surface area (Å²) in [4.78, 5) is 42.7. The Labute approximate surface area is 262 Å². The molecule has 0 amide bonds. The molecular formula is C33H40N2O8S. The summed E-state index contributed by atoms with van der Waals surface area (Å²) in [6.07, 6.45) is 6.26. The average molecular weight is 625 g/mol. The molecule has 2 aliphatic rings. The van der Waals surface area contributed by atoms with Gasteiger partial charge in [-0.05, 0) is 75.6 Å². The van der Waals surface area contributed by atoms with Crippen LogP contribution in [0.25, 0.3) is 0 Å². The number of esters is 2. The largest absolute Gasteiger partial charge is 0.468 e. The Kier molecular flexibility index (Phi) is 12.5. The van der Waals surface area contributed by atoms with Gasteiger partial charge in [-0.3, -0.25) is 19.9 Å². The molecule has 0 aliphatic carbocycles. The number of rotatable bonds is 14. The lowest BCUT2D eigenvalue weighted by molar-refractivity contribution is -0.384. The van der Waals surface area contributed by atoms with Gasteiger partial charge in [0.2, 0.25) is 0 Å². The van der Waals surface area contributed by atoms with E-state index in [0.29, 0.717) is 22.7 Å². The van der Waals surface area contributed by atoms with Gasteiger partial charge < -0.3 is 18.9 Å². The lowest BCUT2D eigenvalue weighted by Gasteiger charge is -2.31. The number of hydrogen-bond acceptors (Lipinski definition) is 10. The van der Waals surface area contributed by atoms with E-state index in [2.05, 4.69) is 29.3 Å². The van der Waals surface area contributed by atoms with Gasteiger partial charge in [0.25, 0.3) is 5.69 Å². The normalized spacial score (nSPS) is 20.2. The first-order valence-electron chi connectivity index (χ1n) is 15.0. The molecule has 2 aliphatic heterocycles. The number of nitro benzene ring substituents is 1. The number of nitro groups is 1. The lowest BCUT2D eigenvalue weighted by Crippen LogP contribution is -2.36. The minimum Gasteiger partial charge on any atom is -0.468 e. The van der Waals surface area contributed by atoms with E-state index in [1.165, 1.54) is 37.3 Å². The molecule has 236 valence electrons. The van der Waals surface area contributed by atoms with Crippen LogP contribution in [0.3, 0.4) is 0 Å². The van der Waals surface area contributed by atoms with Gasteiger partial charge in [0.1, 0.15) is 12.5 Å². The maximum Gasteiger partial charge on any atom is 0.336 e. The van der Waals surface area contributed by atoms with E-state index < -0.39 is 28.7 Å². The highest BCUT2D eigenvalue weighted by molar-refractivity contribution is 7.99. The van der Waals surface area contributed by atoms with Crippen LogP contribution in [0.2, 0.25) is 0 Å². The summed E-state index contributed by atoms with van der Waals surface area (Å²) >= 11 is 1.57. The molecule has 0 bridgehead atoms. The number of aryl methyl sites for hydroxylation is 1. The highest BCUT2D eigenvalue weighted by atomic mass is 32.2. The number of aliphatic imine (C=N–C) groups is 1. The van der Waals surface area contributed by atoms with Crippen LogP contribution in [0.4, 0.5) is 5.69 Å². The van der Waals surface area contributed by atoms with Crippen molar-refractivity contribution in [1.82, 2.24) is 0 Å². The molecule has 1 saturated heterocycles. The fourth-order valence-corrected chi connectivity index (χ4v) is 6.27. The van der Waals surface area contributed by atoms with Crippen LogP contribution in [-0.4, -0.2) is 61.5 Å². The molecule has 1 fully saturated rings. The zero-order chi connectivity index (χ0) is 31.5. The van der Waals surface area contributed by atoms with Crippen LogP contribution >= 0.6 is 11.8 Å². The number of methoxy groups -OCH3 is 1. The second-order valence-electron chi connectivity index (χ2n) is 10.8. The molecule has 0 spiro atoms. The average Bonchev–Trinajstić information content (AvgIpc) is 3.03. The van der Waals surface area contributed by atoms with Gasteiger partial charge in [-0.25, -0.2) is 4.79 Å². The smallest absolute Gasteiger partial charge is 0.336 e. The number of ether oxygens (including phenoxy) is 4. The number of thioether (sulfide) groups is 1. The Hall–Kier alpha value is -3.54. The van der Waals surface area contributed by atoms with Gasteiger partial charge >= 0.3 is 11.9 Å². The molecule has 3 unspecified atom stereocenters. The summed E-state index contributed by atoms with van der Waals surface area (Å²) in [6, 6.07) is 14.3. The molecule has 3 atom stereocenters. The van der Waals surface area contributed by atoms with Crippen molar-refractivity contribution < 1.29 is 33.5 Å². The predicted octanol–water partition coefficient (Wildman–Crippen LogP) is 6.42. The van der Waals surface area contributed by atoms with Crippen LogP contribution in [0, 0.1) is 16.0 Å². The Bertz CT molecular complexity index is 1370. The number of hydrogen-bond donors (Lipinski definition) is 0. The molecule has 0 aromatic heterocycles. The molecular weight excluding hydrogens is 584 g/mol. The number of unbranched alkanes of at least 4 members (excludes halogenated alkanes) is 1. The summed E-state index contributed by atoms with van der Waals surface area (Å²) in [5.74, 6) is -2.41. The van der Waals surface area contributed by atoms with Gasteiger partial charge in [0.15, 0.2) is 6.29 Å². The maximum atomic E-state index is 13.4. The fraction of sp³-hybridized carbons (Fsp3) is 0.485. The number of non-ortho nitro benzene ring substituents is 1. The minimum atomic E-state index is -0.917. The van der Waals surface area contributed by atoms with Crippen LogP contribution in [-0.2, 0) is 35.0 Å². The molecule has 44 heavy (non-hydrogen) atoms. The molecule has 0 N–H and O–H groups in total. The first kappa shape index (κ1) is 33.4. The van der Waals surface area contributed by atoms with Crippen molar-refractivity contribution in [3.8, 4) is 0 Å². The summed E-state index contributed by atoms with van der Waals surface area (Å²) in [6.45, 7) is 5.01. The number of nitrogens with zero attached hydrogens (tertiary/aromatic N) is 2. The summed E-state index contributed by atoms with van der Waals surface area (Å²) in [5.41, 5.74) is 2.62. The van der Waals surface area contributed by atoms with E-state index in [-0.39, 0.29) is 24.2 Å². The van der Waals surface area contributed by atoms with Gasteiger partial charge in [0, 0.05) is 53.3 Å². The standard InChI is InChI=1S/C33H40N2O8S/c1-22-29(32(36)40-3)31(25-10-8-11-26(21-25)35(38)39)30(23(2)34-22)33(37)43-19-20-44-27-15-13-24(14-16-27)9-4-6-17-41-28-12-5-7-18-42-28/h8,10-11,13-16,21,28-29,31H,4-7,9,12,17-20H2,1-3H3. The Balaban J connectivity index is 1.30. The van der Waals surface area contributed by atoms with Crippen molar-refractivity contribution in [1.29, 1.82) is 0 Å². The minimum absolute atomic E-state index is 0.0357. The van der Waals surface area contributed by atoms with Crippen LogP contribution < -0.4 is 0 Å². The molecule has 0 saturated carbocycles. The zero-order valence-electron chi connectivity index (χ0n) is 25.5. The number of carbonyl (C=O) groups is 2. The quantitative estimate of drug-likeness (QED) is 0.0769. The van der Waals surface area contributed by atoms with E-state index >= 15 is 0 Å². The predicted molar refractivity (Wildman–Crippen MR) is 168 cm³/mol. The zero-order valence-corrected chi connectivity index (χ0v) is 26.3. The summed E-state index contributed by atoms with van der Waals surface area (Å²) < 4.78 is 22.1. The van der Waals surface area contributed by atoms with Gasteiger partial charge in [-0.2, -0.15) is 0 Å². The second-order valence-corrected chi connectivity index (χ2v) is 12.0. The third-order valence-corrected chi connectivity index (χ3v) is 8.73. The van der Waals surface area contributed by atoms with Gasteiger partial charge in [-0.15, -0.1) is 11.8 Å². The molecule has 4 rings (SSSR count). The van der Waals surface area contributed by atoms with Crippen molar-refractivity contribution >= 4 is 35.1 Å². The molecule has 11 heteroatoms. The van der Waals surface area contributed by atoms with E-state index in [1.54, 1.807) is 31.7 Å². The number of carbonyl (C=O) groups excluding carboxylic acids is 2. The summed E-state index contributed by atoms with van der Waals surface area (Å²) in [5, 5.41) is 11.5. The van der Waals surface area contributed by atoms with Gasteiger partial charge in [0.05, 0.1) is 17.6 Å². The van der Waals surface area contributed by atoms with Crippen molar-refractivity contribution in [2.45, 2.75) is 69.5 Å². The monoisotopic (exact) mass is 624 g/mol. The van der Waals surface area contributed by atoms with Crippen molar-refractivity contribution in [2.24, 2.45) is 10.9 Å². The third kappa shape index (κ3) is 8.99. The van der Waals surface area contributed by atoms with Crippen LogP contribution in [0.5, 0.6) is 0 Å². The fourth-order valence-electron chi connectivity index (χ4n) is 5.54. The Morgan fingerprint density at radius 3 is 2.59 bits per heavy atom.